The Morgan fingerprint density at radius 3 is 2.76 bits per heavy atom. The van der Waals surface area contributed by atoms with Crippen molar-refractivity contribution in [3.05, 3.63) is 65.3 Å². The fraction of sp³-hybridized carbons (Fsp3) is 0.500. The van der Waals surface area contributed by atoms with E-state index in [0.29, 0.717) is 12.2 Å². The molecule has 1 saturated heterocycles. The van der Waals surface area contributed by atoms with Crippen LogP contribution in [0.3, 0.4) is 0 Å². The van der Waals surface area contributed by atoms with Crippen molar-refractivity contribution in [3.8, 4) is 0 Å². The van der Waals surface area contributed by atoms with Gasteiger partial charge in [-0.3, -0.25) is 24.7 Å². The maximum absolute atomic E-state index is 12.9. The van der Waals surface area contributed by atoms with E-state index >= 15 is 0 Å². The van der Waals surface area contributed by atoms with Crippen LogP contribution >= 0.6 is 0 Å². The van der Waals surface area contributed by atoms with E-state index in [1.54, 1.807) is 12.3 Å². The van der Waals surface area contributed by atoms with Gasteiger partial charge in [-0.25, -0.2) is 0 Å². The number of hydrogen-bond donors (Lipinski definition) is 3. The molecule has 3 N–H and O–H groups in total. The molecule has 220 valence electrons. The maximum Gasteiger partial charge on any atom is 0.291 e. The molecule has 0 radical (unpaired) electrons. The summed E-state index contributed by atoms with van der Waals surface area (Å²) in [6.45, 7) is 17.3. The number of carbonyl (C=O) groups is 1. The molecule has 5 rings (SSSR count). The number of anilines is 2. The minimum atomic E-state index is -0.311. The lowest BCUT2D eigenvalue weighted by Gasteiger charge is -2.37. The molecule has 3 aliphatic heterocycles. The fourth-order valence-corrected chi connectivity index (χ4v) is 5.04. The number of carbonyl (C=O) groups excluding carboxylic acids is 1. The van der Waals surface area contributed by atoms with Gasteiger partial charge in [-0.15, -0.1) is 5.53 Å². The first kappa shape index (κ1) is 28.8. The fourth-order valence-electron chi connectivity index (χ4n) is 5.04. The molecular formula is C30H42N8O3. The Morgan fingerprint density at radius 2 is 2.02 bits per heavy atom. The number of pyridine rings is 1. The second kappa shape index (κ2) is 12.5. The van der Waals surface area contributed by atoms with Crippen molar-refractivity contribution in [2.45, 2.75) is 40.0 Å². The summed E-state index contributed by atoms with van der Waals surface area (Å²) >= 11 is 0. The summed E-state index contributed by atoms with van der Waals surface area (Å²) in [6, 6.07) is 5.45. The summed E-state index contributed by atoms with van der Waals surface area (Å²) in [5.41, 5.74) is 10.8. The minimum Gasteiger partial charge on any atom is -0.455 e. The molecule has 41 heavy (non-hydrogen) atoms. The molecule has 5 heterocycles. The van der Waals surface area contributed by atoms with Crippen LogP contribution in [0.1, 0.15) is 49.7 Å². The van der Waals surface area contributed by atoms with Crippen LogP contribution in [0.15, 0.2) is 57.5 Å². The number of aliphatic imine (C=N–C) groups is 1. The van der Waals surface area contributed by atoms with Crippen LogP contribution in [-0.2, 0) is 10.2 Å². The summed E-state index contributed by atoms with van der Waals surface area (Å²) in [5.74, 6) is 0.844. The average molecular weight is 563 g/mol. The first-order valence-corrected chi connectivity index (χ1v) is 14.4. The SMILES string of the molecule is CCOCCN1CCN(C2=CC(C3=CN(c4cc(NC(=O)c5ccc(C(C)(C)C)o5)cnc4C)NN3)CN=C2)CC1. The Hall–Kier alpha value is -3.67. The third-order valence-corrected chi connectivity index (χ3v) is 7.53. The number of hydrazine groups is 2. The number of allylic oxidation sites excluding steroid dienone is 1. The van der Waals surface area contributed by atoms with Gasteiger partial charge in [0.15, 0.2) is 5.76 Å². The Morgan fingerprint density at radius 1 is 1.22 bits per heavy atom. The summed E-state index contributed by atoms with van der Waals surface area (Å²) in [7, 11) is 0. The summed E-state index contributed by atoms with van der Waals surface area (Å²) < 4.78 is 11.3. The number of nitrogens with one attached hydrogen (secondary N) is 3. The molecular weight excluding hydrogens is 520 g/mol. The molecule has 1 amide bonds. The molecule has 0 bridgehead atoms. The van der Waals surface area contributed by atoms with Crippen molar-refractivity contribution >= 4 is 23.5 Å². The summed E-state index contributed by atoms with van der Waals surface area (Å²) in [4.78, 5) is 26.9. The predicted molar refractivity (Wildman–Crippen MR) is 161 cm³/mol. The van der Waals surface area contributed by atoms with Gasteiger partial charge in [-0.2, -0.15) is 0 Å². The Bertz CT molecular complexity index is 1320. The molecule has 3 aliphatic rings. The second-order valence-electron chi connectivity index (χ2n) is 11.6. The lowest BCUT2D eigenvalue weighted by molar-refractivity contribution is 0.0911. The lowest BCUT2D eigenvalue weighted by atomic mass is 9.94. The van der Waals surface area contributed by atoms with Crippen LogP contribution in [-0.4, -0.2) is 79.4 Å². The number of rotatable bonds is 9. The number of aromatic nitrogens is 1. The highest BCUT2D eigenvalue weighted by atomic mass is 16.5. The van der Waals surface area contributed by atoms with Gasteiger partial charge in [0.1, 0.15) is 5.76 Å². The normalized spacial score (nSPS) is 19.7. The molecule has 0 spiro atoms. The van der Waals surface area contributed by atoms with Gasteiger partial charge >= 0.3 is 0 Å². The van der Waals surface area contributed by atoms with Crippen LogP contribution < -0.4 is 21.3 Å². The Balaban J connectivity index is 1.22. The number of aryl methyl sites for hydroxylation is 1. The second-order valence-corrected chi connectivity index (χ2v) is 11.6. The van der Waals surface area contributed by atoms with E-state index in [2.05, 4.69) is 42.1 Å². The molecule has 0 aliphatic carbocycles. The van der Waals surface area contributed by atoms with Crippen LogP contribution in [0.5, 0.6) is 0 Å². The summed E-state index contributed by atoms with van der Waals surface area (Å²) in [5, 5.41) is 4.80. The zero-order valence-corrected chi connectivity index (χ0v) is 24.7. The average Bonchev–Trinajstić information content (AvgIpc) is 3.66. The standard InChI is InChI=1S/C30H42N8O3/c1-6-40-14-13-36-9-11-37(12-10-36)24-15-22(17-31-19-24)25-20-38(35-34-25)26-16-23(18-32-21(26)2)33-29(39)27-7-8-28(41-27)30(3,4)5/h7-8,15-16,18-20,22,34-35H,6,9-14,17H2,1-5H3,(H,33,39). The Kier molecular flexibility index (Phi) is 8.77. The first-order chi connectivity index (χ1) is 19.7. The van der Waals surface area contributed by atoms with Crippen LogP contribution in [0.25, 0.3) is 0 Å². The van der Waals surface area contributed by atoms with Crippen LogP contribution in [0.2, 0.25) is 0 Å². The van der Waals surface area contributed by atoms with Crippen molar-refractivity contribution in [2.24, 2.45) is 10.9 Å². The van der Waals surface area contributed by atoms with Crippen molar-refractivity contribution < 1.29 is 13.9 Å². The van der Waals surface area contributed by atoms with E-state index < -0.39 is 0 Å². The van der Waals surface area contributed by atoms with E-state index in [1.807, 2.05) is 64.2 Å². The largest absolute Gasteiger partial charge is 0.455 e. The molecule has 1 unspecified atom stereocenters. The third kappa shape index (κ3) is 6.98. The monoisotopic (exact) mass is 562 g/mol. The minimum absolute atomic E-state index is 0.121. The molecule has 0 saturated carbocycles. The first-order valence-electron chi connectivity index (χ1n) is 14.4. The zero-order valence-electron chi connectivity index (χ0n) is 24.7. The summed E-state index contributed by atoms with van der Waals surface area (Å²) in [6.07, 6.45) is 7.98. The molecule has 0 aromatic carbocycles. The quantitative estimate of drug-likeness (QED) is 0.396. The molecule has 11 nitrogen and oxygen atoms in total. The van der Waals surface area contributed by atoms with E-state index in [4.69, 9.17) is 9.15 Å². The van der Waals surface area contributed by atoms with Gasteiger partial charge in [0, 0.05) is 63.1 Å². The topological polar surface area (TPSA) is 111 Å². The third-order valence-electron chi connectivity index (χ3n) is 7.53. The van der Waals surface area contributed by atoms with Gasteiger partial charge in [-0.05, 0) is 38.1 Å². The van der Waals surface area contributed by atoms with Crippen molar-refractivity contribution in [3.63, 3.8) is 0 Å². The van der Waals surface area contributed by atoms with Crippen molar-refractivity contribution in [1.82, 2.24) is 25.7 Å². The van der Waals surface area contributed by atoms with E-state index in [0.717, 1.165) is 68.8 Å². The van der Waals surface area contributed by atoms with Gasteiger partial charge in [0.05, 0.1) is 47.8 Å². The Labute approximate surface area is 242 Å². The van der Waals surface area contributed by atoms with Crippen LogP contribution in [0.4, 0.5) is 11.4 Å². The molecule has 11 heteroatoms. The number of nitrogens with zero attached hydrogens (tertiary/aromatic N) is 5. The van der Waals surface area contributed by atoms with Gasteiger partial charge < -0.3 is 24.8 Å². The lowest BCUT2D eigenvalue weighted by Crippen LogP contribution is -2.47. The van der Waals surface area contributed by atoms with Crippen molar-refractivity contribution in [2.75, 3.05) is 62.8 Å². The van der Waals surface area contributed by atoms with E-state index in [-0.39, 0.29) is 23.0 Å². The highest BCUT2D eigenvalue weighted by molar-refractivity contribution is 6.02. The zero-order chi connectivity index (χ0) is 29.0. The molecule has 2 aromatic rings. The van der Waals surface area contributed by atoms with Gasteiger partial charge in [0.2, 0.25) is 0 Å². The number of amides is 1. The predicted octanol–water partition coefficient (Wildman–Crippen LogP) is 3.44. The number of piperazine rings is 1. The molecule has 2 aromatic heterocycles. The van der Waals surface area contributed by atoms with Crippen LogP contribution in [0, 0.1) is 12.8 Å². The van der Waals surface area contributed by atoms with Gasteiger partial charge in [0.25, 0.3) is 5.91 Å². The number of furan rings is 1. The highest BCUT2D eigenvalue weighted by Crippen LogP contribution is 2.28. The van der Waals surface area contributed by atoms with E-state index in [9.17, 15) is 4.79 Å². The maximum atomic E-state index is 12.9. The number of hydrogen-bond acceptors (Lipinski definition) is 10. The smallest absolute Gasteiger partial charge is 0.291 e. The molecule has 1 atom stereocenters. The number of dihydropyridines is 1. The molecule has 1 fully saturated rings. The number of ether oxygens (including phenoxy) is 1. The van der Waals surface area contributed by atoms with E-state index in [1.165, 1.54) is 5.70 Å². The van der Waals surface area contributed by atoms with Crippen molar-refractivity contribution in [1.29, 1.82) is 0 Å². The van der Waals surface area contributed by atoms with Gasteiger partial charge in [-0.1, -0.05) is 20.8 Å². The highest BCUT2D eigenvalue weighted by Gasteiger charge is 2.26.